The van der Waals surface area contributed by atoms with Crippen LogP contribution >= 0.6 is 11.8 Å². The highest BCUT2D eigenvalue weighted by Gasteiger charge is 2.34. The Labute approximate surface area is 208 Å². The van der Waals surface area contributed by atoms with Gasteiger partial charge in [-0.25, -0.2) is 9.59 Å². The Hall–Kier alpha value is -2.44. The van der Waals surface area contributed by atoms with Gasteiger partial charge in [0.2, 0.25) is 6.41 Å². The molecule has 190 valence electrons. The summed E-state index contributed by atoms with van der Waals surface area (Å²) in [4.78, 5) is 39.7. The van der Waals surface area contributed by atoms with Crippen LogP contribution in [0.25, 0.3) is 0 Å². The summed E-state index contributed by atoms with van der Waals surface area (Å²) in [6, 6.07) is -0.326. The minimum atomic E-state index is -1.14. The number of nitrogens with one attached hydrogen (secondary N) is 1. The molecule has 0 radical (unpaired) electrons. The number of nitrogens with zero attached hydrogens (tertiary/aromatic N) is 2. The van der Waals surface area contributed by atoms with Crippen LogP contribution in [0.1, 0.15) is 61.3 Å². The average molecular weight is 494 g/mol. The van der Waals surface area contributed by atoms with Crippen molar-refractivity contribution < 1.29 is 24.2 Å². The second-order valence-corrected chi connectivity index (χ2v) is 10.7. The van der Waals surface area contributed by atoms with E-state index in [0.29, 0.717) is 37.4 Å². The zero-order valence-corrected chi connectivity index (χ0v) is 22.3. The predicted octanol–water partition coefficient (Wildman–Crippen LogP) is 4.05. The van der Waals surface area contributed by atoms with Crippen molar-refractivity contribution in [3.63, 3.8) is 0 Å². The molecule has 0 aromatic rings. The van der Waals surface area contributed by atoms with Crippen molar-refractivity contribution in [2.75, 3.05) is 26.2 Å². The van der Waals surface area contributed by atoms with Gasteiger partial charge in [0.1, 0.15) is 10.5 Å². The van der Waals surface area contributed by atoms with E-state index in [-0.39, 0.29) is 22.5 Å². The van der Waals surface area contributed by atoms with Gasteiger partial charge in [-0.1, -0.05) is 29.7 Å². The maximum absolute atomic E-state index is 12.6. The van der Waals surface area contributed by atoms with E-state index in [0.717, 1.165) is 24.7 Å². The highest BCUT2D eigenvalue weighted by atomic mass is 32.2. The number of carboxylic acid groups (broad SMARTS) is 1. The predicted molar refractivity (Wildman–Crippen MR) is 136 cm³/mol. The van der Waals surface area contributed by atoms with Gasteiger partial charge in [-0.2, -0.15) is 0 Å². The molecule has 2 amide bonds. The van der Waals surface area contributed by atoms with E-state index in [1.54, 1.807) is 17.9 Å². The van der Waals surface area contributed by atoms with Crippen molar-refractivity contribution in [2.24, 2.45) is 5.41 Å². The third kappa shape index (κ3) is 10.2. The first-order valence-electron chi connectivity index (χ1n) is 11.6. The number of carboxylic acids is 1. The van der Waals surface area contributed by atoms with Crippen molar-refractivity contribution >= 4 is 30.2 Å². The summed E-state index contributed by atoms with van der Waals surface area (Å²) in [5.41, 5.74) is -0.731. The molecule has 8 nitrogen and oxygen atoms in total. The smallest absolute Gasteiger partial charge is 0.410 e. The molecule has 9 heteroatoms. The first kappa shape index (κ1) is 29.6. The SMILES string of the molecule is C/C=C(/C#CC(C)(C)C)S/C(=C/N(C=O)C(C)CCN(CC)C(=O)OC1(C)CCNC1)C(=O)O. The van der Waals surface area contributed by atoms with Gasteiger partial charge in [0.15, 0.2) is 0 Å². The lowest BCUT2D eigenvalue weighted by molar-refractivity contribution is -0.131. The van der Waals surface area contributed by atoms with Crippen LogP contribution < -0.4 is 5.32 Å². The molecule has 1 fully saturated rings. The van der Waals surface area contributed by atoms with E-state index in [9.17, 15) is 19.5 Å². The first-order chi connectivity index (χ1) is 15.8. The van der Waals surface area contributed by atoms with Gasteiger partial charge >= 0.3 is 12.1 Å². The van der Waals surface area contributed by atoms with Crippen molar-refractivity contribution in [1.82, 2.24) is 15.1 Å². The number of thioether (sulfide) groups is 1. The number of hydrogen-bond donors (Lipinski definition) is 2. The number of allylic oxidation sites excluding steroid dienone is 2. The quantitative estimate of drug-likeness (QED) is 0.254. The van der Waals surface area contributed by atoms with Crippen LogP contribution in [0.3, 0.4) is 0 Å². The van der Waals surface area contributed by atoms with Crippen LogP contribution in [-0.4, -0.2) is 71.2 Å². The molecule has 0 bridgehead atoms. The highest BCUT2D eigenvalue weighted by Crippen LogP contribution is 2.27. The molecule has 0 aromatic heterocycles. The molecule has 2 unspecified atom stereocenters. The monoisotopic (exact) mass is 493 g/mol. The van der Waals surface area contributed by atoms with Crippen molar-refractivity contribution in [2.45, 2.75) is 73.0 Å². The van der Waals surface area contributed by atoms with Crippen LogP contribution in [0, 0.1) is 17.3 Å². The Bertz CT molecular complexity index is 845. The lowest BCUT2D eigenvalue weighted by Crippen LogP contribution is -2.42. The normalized spacial score (nSPS) is 19.6. The van der Waals surface area contributed by atoms with E-state index in [1.807, 2.05) is 41.5 Å². The fourth-order valence-corrected chi connectivity index (χ4v) is 3.79. The minimum absolute atomic E-state index is 0.0105. The topological polar surface area (TPSA) is 99.2 Å². The third-order valence-corrected chi connectivity index (χ3v) is 6.33. The number of aliphatic carboxylic acids is 1. The minimum Gasteiger partial charge on any atom is -0.477 e. The summed E-state index contributed by atoms with van der Waals surface area (Å²) >= 11 is 1.01. The molecule has 0 aromatic carbocycles. The van der Waals surface area contributed by atoms with Crippen LogP contribution in [0.5, 0.6) is 0 Å². The zero-order valence-electron chi connectivity index (χ0n) is 21.4. The first-order valence-corrected chi connectivity index (χ1v) is 12.4. The third-order valence-electron chi connectivity index (χ3n) is 5.27. The maximum atomic E-state index is 12.6. The molecule has 2 N–H and O–H groups in total. The van der Waals surface area contributed by atoms with Crippen molar-refractivity contribution in [1.29, 1.82) is 0 Å². The fourth-order valence-electron chi connectivity index (χ4n) is 3.07. The zero-order chi connectivity index (χ0) is 25.9. The Balaban J connectivity index is 2.86. The standard InChI is InChI=1S/C25H39N3O5S/c1-8-20(10-12-24(4,5)6)34-21(22(30)31)16-28(18-29)19(3)11-15-27(9-2)23(32)33-25(7)13-14-26-17-25/h8,16,18-19,26H,9,11,13-15,17H2,1-7H3,(H,30,31)/b20-8-,21-16+. The van der Waals surface area contributed by atoms with Gasteiger partial charge in [-0.05, 0) is 61.4 Å². The lowest BCUT2D eigenvalue weighted by Gasteiger charge is -2.30. The van der Waals surface area contributed by atoms with Crippen LogP contribution in [0.2, 0.25) is 0 Å². The van der Waals surface area contributed by atoms with E-state index in [1.165, 1.54) is 11.1 Å². The molecule has 34 heavy (non-hydrogen) atoms. The van der Waals surface area contributed by atoms with Gasteiger partial charge in [0.05, 0.1) is 4.91 Å². The van der Waals surface area contributed by atoms with Crippen LogP contribution in [-0.2, 0) is 14.3 Å². The molecule has 0 aliphatic carbocycles. The molecule has 1 aliphatic rings. The molecule has 0 spiro atoms. The number of hydrogen-bond acceptors (Lipinski definition) is 6. The van der Waals surface area contributed by atoms with Crippen LogP contribution in [0.15, 0.2) is 22.1 Å². The Morgan fingerprint density at radius 3 is 2.50 bits per heavy atom. The molecular weight excluding hydrogens is 454 g/mol. The van der Waals surface area contributed by atoms with E-state index in [2.05, 4.69) is 17.2 Å². The largest absolute Gasteiger partial charge is 0.477 e. The number of carbonyl (C=O) groups is 3. The molecule has 1 saturated heterocycles. The highest BCUT2D eigenvalue weighted by molar-refractivity contribution is 8.07. The number of ether oxygens (including phenoxy) is 1. The number of rotatable bonds is 11. The van der Waals surface area contributed by atoms with Crippen molar-refractivity contribution in [3.05, 3.63) is 22.1 Å². The number of carbonyl (C=O) groups excluding carboxylic acids is 2. The molecule has 2 atom stereocenters. The van der Waals surface area contributed by atoms with Crippen LogP contribution in [0.4, 0.5) is 4.79 Å². The summed E-state index contributed by atoms with van der Waals surface area (Å²) in [6.07, 6.45) is 4.52. The average Bonchev–Trinajstić information content (AvgIpc) is 3.18. The van der Waals surface area contributed by atoms with Gasteiger partial charge < -0.3 is 25.0 Å². The second kappa shape index (κ2) is 13.4. The summed E-state index contributed by atoms with van der Waals surface area (Å²) in [5.74, 6) is 4.96. The fraction of sp³-hybridized carbons (Fsp3) is 0.640. The maximum Gasteiger partial charge on any atom is 0.410 e. The lowest BCUT2D eigenvalue weighted by atomic mass is 9.98. The second-order valence-electron chi connectivity index (χ2n) is 9.57. The van der Waals surface area contributed by atoms with Crippen molar-refractivity contribution in [3.8, 4) is 11.8 Å². The summed E-state index contributed by atoms with van der Waals surface area (Å²) < 4.78 is 5.70. The van der Waals surface area contributed by atoms with E-state index < -0.39 is 11.6 Å². The summed E-state index contributed by atoms with van der Waals surface area (Å²) in [5, 5.41) is 12.9. The summed E-state index contributed by atoms with van der Waals surface area (Å²) in [7, 11) is 0. The van der Waals surface area contributed by atoms with E-state index >= 15 is 0 Å². The summed E-state index contributed by atoms with van der Waals surface area (Å²) in [6.45, 7) is 15.6. The van der Waals surface area contributed by atoms with E-state index in [4.69, 9.17) is 4.74 Å². The number of amides is 2. The molecule has 0 saturated carbocycles. The molecule has 1 heterocycles. The van der Waals surface area contributed by atoms with Gasteiger partial charge in [0, 0.05) is 43.7 Å². The molecule has 1 rings (SSSR count). The van der Waals surface area contributed by atoms with Gasteiger partial charge in [0.25, 0.3) is 0 Å². The van der Waals surface area contributed by atoms with Gasteiger partial charge in [-0.3, -0.25) is 4.79 Å². The Kier molecular flexibility index (Phi) is 11.7. The Morgan fingerprint density at radius 2 is 2.03 bits per heavy atom. The molecule has 1 aliphatic heterocycles. The van der Waals surface area contributed by atoms with Gasteiger partial charge in [-0.15, -0.1) is 0 Å². The molecular formula is C25H39N3O5S. The Morgan fingerprint density at radius 1 is 1.35 bits per heavy atom.